The quantitative estimate of drug-likeness (QED) is 0.920. The Bertz CT molecular complexity index is 888. The second-order valence-electron chi connectivity index (χ2n) is 5.08. The van der Waals surface area contributed by atoms with Crippen LogP contribution in [0.2, 0.25) is 0 Å². The number of aromatic nitrogens is 2. The summed E-state index contributed by atoms with van der Waals surface area (Å²) in [6.07, 6.45) is -0.674. The zero-order valence-electron chi connectivity index (χ0n) is 12.5. The Morgan fingerprint density at radius 2 is 1.91 bits per heavy atom. The van der Waals surface area contributed by atoms with E-state index in [1.807, 2.05) is 0 Å². The maximum absolute atomic E-state index is 13.2. The van der Waals surface area contributed by atoms with Gasteiger partial charge in [-0.25, -0.2) is 27.0 Å². The van der Waals surface area contributed by atoms with Crippen LogP contribution < -0.4 is 0 Å². The van der Waals surface area contributed by atoms with Gasteiger partial charge in [0.05, 0.1) is 21.8 Å². The molecule has 0 amide bonds. The molecule has 0 saturated heterocycles. The van der Waals surface area contributed by atoms with Crippen LogP contribution in [-0.4, -0.2) is 35.3 Å². The van der Waals surface area contributed by atoms with Gasteiger partial charge in [-0.1, -0.05) is 0 Å². The van der Waals surface area contributed by atoms with Crippen molar-refractivity contribution in [3.63, 3.8) is 0 Å². The normalized spacial score (nSPS) is 11.9. The summed E-state index contributed by atoms with van der Waals surface area (Å²) in [5, 5.41) is 9.08. The van der Waals surface area contributed by atoms with Gasteiger partial charge in [0.1, 0.15) is 5.82 Å². The molecule has 6 nitrogen and oxygen atoms in total. The van der Waals surface area contributed by atoms with E-state index in [1.54, 1.807) is 13.8 Å². The fourth-order valence-electron chi connectivity index (χ4n) is 2.30. The molecule has 1 aromatic heterocycles. The maximum Gasteiger partial charge on any atom is 0.336 e. The highest BCUT2D eigenvalue weighted by molar-refractivity contribution is 7.90. The summed E-state index contributed by atoms with van der Waals surface area (Å²) in [5.74, 6) is -1.22. The molecule has 0 fully saturated rings. The van der Waals surface area contributed by atoms with Crippen LogP contribution in [0.4, 0.5) is 8.78 Å². The van der Waals surface area contributed by atoms with Crippen LogP contribution in [0.3, 0.4) is 0 Å². The monoisotopic (exact) mass is 344 g/mol. The Kier molecular flexibility index (Phi) is 4.25. The van der Waals surface area contributed by atoms with Gasteiger partial charge in [0, 0.05) is 18.0 Å². The van der Waals surface area contributed by atoms with Crippen molar-refractivity contribution >= 4 is 15.8 Å². The van der Waals surface area contributed by atoms with Gasteiger partial charge in [0.15, 0.2) is 9.84 Å². The predicted octanol–water partition coefficient (Wildman–Crippen LogP) is 2.53. The molecule has 23 heavy (non-hydrogen) atoms. The maximum atomic E-state index is 13.2. The molecule has 2 rings (SSSR count). The van der Waals surface area contributed by atoms with Crippen molar-refractivity contribution < 1.29 is 27.1 Å². The first kappa shape index (κ1) is 17.1. The smallest absolute Gasteiger partial charge is 0.336 e. The molecule has 0 bridgehead atoms. The number of hydrogen-bond acceptors (Lipinski definition) is 4. The lowest BCUT2D eigenvalue weighted by Crippen LogP contribution is -2.12. The molecule has 9 heteroatoms. The molecule has 1 aromatic carbocycles. The number of imidazole rings is 1. The number of sulfone groups is 1. The fourth-order valence-corrected chi connectivity index (χ4v) is 3.17. The molecule has 0 spiro atoms. The van der Waals surface area contributed by atoms with Crippen LogP contribution in [0.1, 0.15) is 33.9 Å². The summed E-state index contributed by atoms with van der Waals surface area (Å²) < 4.78 is 51.7. The first-order valence-electron chi connectivity index (χ1n) is 6.44. The molecule has 124 valence electrons. The standard InChI is InChI=1S/C14H14F2N2O4S/c1-7-6-18(8(2)17-7)11-4-9(13(15)16)10(14(19)20)5-12(11)23(3,21)22/h4-6,13H,1-3H3,(H,19,20). The summed E-state index contributed by atoms with van der Waals surface area (Å²) >= 11 is 0. The molecule has 0 unspecified atom stereocenters. The van der Waals surface area contributed by atoms with E-state index >= 15 is 0 Å². The minimum absolute atomic E-state index is 0.0501. The third kappa shape index (κ3) is 3.24. The number of halogens is 2. The lowest BCUT2D eigenvalue weighted by atomic mass is 10.1. The van der Waals surface area contributed by atoms with Gasteiger partial charge < -0.3 is 9.67 Å². The van der Waals surface area contributed by atoms with Crippen molar-refractivity contribution in [3.8, 4) is 5.69 Å². The zero-order chi connectivity index (χ0) is 17.5. The molecule has 1 heterocycles. The minimum Gasteiger partial charge on any atom is -0.478 e. The van der Waals surface area contributed by atoms with Crippen LogP contribution in [0.15, 0.2) is 23.2 Å². The topological polar surface area (TPSA) is 89.3 Å². The number of hydrogen-bond donors (Lipinski definition) is 1. The van der Waals surface area contributed by atoms with E-state index in [1.165, 1.54) is 10.8 Å². The number of rotatable bonds is 4. The first-order valence-corrected chi connectivity index (χ1v) is 8.34. The third-order valence-corrected chi connectivity index (χ3v) is 4.38. The number of nitrogens with zero attached hydrogens (tertiary/aromatic N) is 2. The van der Waals surface area contributed by atoms with Crippen molar-refractivity contribution in [1.82, 2.24) is 9.55 Å². The number of carboxylic acids is 1. The average Bonchev–Trinajstić information content (AvgIpc) is 2.74. The zero-order valence-corrected chi connectivity index (χ0v) is 13.4. The van der Waals surface area contributed by atoms with Gasteiger partial charge in [0.25, 0.3) is 6.43 Å². The van der Waals surface area contributed by atoms with Crippen molar-refractivity contribution in [2.45, 2.75) is 25.2 Å². The third-order valence-electron chi connectivity index (χ3n) is 3.26. The van der Waals surface area contributed by atoms with E-state index in [0.717, 1.165) is 18.4 Å². The van der Waals surface area contributed by atoms with Crippen molar-refractivity contribution in [1.29, 1.82) is 0 Å². The number of carbonyl (C=O) groups is 1. The van der Waals surface area contributed by atoms with Crippen molar-refractivity contribution in [2.75, 3.05) is 6.26 Å². The minimum atomic E-state index is -3.84. The Labute approximate surface area is 131 Å². The summed E-state index contributed by atoms with van der Waals surface area (Å²) in [6.45, 7) is 3.26. The Morgan fingerprint density at radius 3 is 2.30 bits per heavy atom. The van der Waals surface area contributed by atoms with E-state index in [4.69, 9.17) is 5.11 Å². The Morgan fingerprint density at radius 1 is 1.30 bits per heavy atom. The molecule has 0 saturated carbocycles. The average molecular weight is 344 g/mol. The van der Waals surface area contributed by atoms with Gasteiger partial charge >= 0.3 is 5.97 Å². The van der Waals surface area contributed by atoms with Crippen LogP contribution in [0.5, 0.6) is 0 Å². The van der Waals surface area contributed by atoms with Gasteiger partial charge in [-0.15, -0.1) is 0 Å². The highest BCUT2D eigenvalue weighted by Crippen LogP contribution is 2.31. The molecule has 0 aliphatic carbocycles. The van der Waals surface area contributed by atoms with E-state index in [0.29, 0.717) is 11.5 Å². The fraction of sp³-hybridized carbons (Fsp3) is 0.286. The molecule has 0 atom stereocenters. The summed E-state index contributed by atoms with van der Waals surface area (Å²) in [7, 11) is -3.84. The molecular weight excluding hydrogens is 330 g/mol. The van der Waals surface area contributed by atoms with Crippen molar-refractivity contribution in [3.05, 3.63) is 41.0 Å². The molecule has 0 aliphatic heterocycles. The SMILES string of the molecule is Cc1cn(-c2cc(C(F)F)c(C(=O)O)cc2S(C)(=O)=O)c(C)n1. The molecular formula is C14H14F2N2O4S. The molecule has 0 radical (unpaired) electrons. The molecule has 0 aliphatic rings. The van der Waals surface area contributed by atoms with Crippen LogP contribution >= 0.6 is 0 Å². The summed E-state index contributed by atoms with van der Waals surface area (Å²) in [5.41, 5.74) is -0.960. The van der Waals surface area contributed by atoms with Crippen LogP contribution in [0.25, 0.3) is 5.69 Å². The first-order chi connectivity index (χ1) is 10.5. The van der Waals surface area contributed by atoms with Crippen LogP contribution in [0, 0.1) is 13.8 Å². The van der Waals surface area contributed by atoms with Gasteiger partial charge in [-0.05, 0) is 26.0 Å². The highest BCUT2D eigenvalue weighted by atomic mass is 32.2. The second kappa shape index (κ2) is 5.73. The number of benzene rings is 1. The van der Waals surface area contributed by atoms with Gasteiger partial charge in [0.2, 0.25) is 0 Å². The number of aryl methyl sites for hydroxylation is 2. The predicted molar refractivity (Wildman–Crippen MR) is 78.1 cm³/mol. The Hall–Kier alpha value is -2.29. The molecule has 1 N–H and O–H groups in total. The van der Waals surface area contributed by atoms with E-state index in [-0.39, 0.29) is 10.6 Å². The summed E-state index contributed by atoms with van der Waals surface area (Å²) in [4.78, 5) is 14.9. The van der Waals surface area contributed by atoms with E-state index in [2.05, 4.69) is 4.98 Å². The largest absolute Gasteiger partial charge is 0.478 e. The highest BCUT2D eigenvalue weighted by Gasteiger charge is 2.26. The van der Waals surface area contributed by atoms with Gasteiger partial charge in [-0.3, -0.25) is 0 Å². The lowest BCUT2D eigenvalue weighted by molar-refractivity contribution is 0.0684. The summed E-state index contributed by atoms with van der Waals surface area (Å²) in [6, 6.07) is 1.65. The number of alkyl halides is 2. The van der Waals surface area contributed by atoms with E-state index < -0.39 is 33.4 Å². The number of aromatic carboxylic acids is 1. The molecule has 2 aromatic rings. The van der Waals surface area contributed by atoms with E-state index in [9.17, 15) is 22.0 Å². The second-order valence-corrected chi connectivity index (χ2v) is 7.07. The van der Waals surface area contributed by atoms with Crippen LogP contribution in [-0.2, 0) is 9.84 Å². The lowest BCUT2D eigenvalue weighted by Gasteiger charge is -2.15. The van der Waals surface area contributed by atoms with Crippen molar-refractivity contribution in [2.24, 2.45) is 0 Å². The Balaban J connectivity index is 2.92. The number of carboxylic acid groups (broad SMARTS) is 1. The van der Waals surface area contributed by atoms with Gasteiger partial charge in [-0.2, -0.15) is 0 Å².